The lowest BCUT2D eigenvalue weighted by atomic mass is 10.1. The molecule has 2 heterocycles. The van der Waals surface area contributed by atoms with Crippen LogP contribution in [0.4, 0.5) is 0 Å². The van der Waals surface area contributed by atoms with Crippen LogP contribution < -0.4 is 16.6 Å². The number of unbranched alkanes of at least 4 members (excludes halogenated alkanes) is 12. The topological polar surface area (TPSA) is 123 Å². The van der Waals surface area contributed by atoms with Gasteiger partial charge in [0.25, 0.3) is 5.56 Å². The summed E-state index contributed by atoms with van der Waals surface area (Å²) in [7, 11) is 2.53. The molecule has 0 radical (unpaired) electrons. The lowest BCUT2D eigenvalue weighted by molar-refractivity contribution is -0.121. The number of nitrogens with one attached hydrogen (secondary N) is 2. The molecule has 10 heteroatoms. The summed E-state index contributed by atoms with van der Waals surface area (Å²) in [5, 5.41) is 13.6. The number of carbonyl (C=O) groups excluding carboxylic acids is 1. The van der Waals surface area contributed by atoms with Gasteiger partial charge in [0.2, 0.25) is 5.91 Å². The summed E-state index contributed by atoms with van der Waals surface area (Å²) < 4.78 is 13.0. The molecule has 5 atom stereocenters. The predicted octanol–water partition coefficient (Wildman–Crippen LogP) is 5.46. The third-order valence-electron chi connectivity index (χ3n) is 7.34. The molecule has 1 aliphatic rings. The van der Waals surface area contributed by atoms with E-state index in [0.29, 0.717) is 25.7 Å². The van der Waals surface area contributed by atoms with Crippen LogP contribution >= 0.6 is 9.24 Å². The molecule has 1 amide bonds. The van der Waals surface area contributed by atoms with Crippen LogP contribution in [0.15, 0.2) is 21.9 Å². The Balaban J connectivity index is 0.00000106. The van der Waals surface area contributed by atoms with Crippen molar-refractivity contribution in [2.24, 2.45) is 0 Å². The molecule has 1 aliphatic heterocycles. The Labute approximate surface area is 249 Å². The third-order valence-corrected chi connectivity index (χ3v) is 7.80. The number of ether oxygens (including phenoxy) is 2. The maximum Gasteiger partial charge on any atom is 0.330 e. The minimum absolute atomic E-state index is 0.140. The molecular formula is C31H58N3O6P. The highest BCUT2D eigenvalue weighted by Crippen LogP contribution is 2.31. The number of amides is 1. The highest BCUT2D eigenvalue weighted by Gasteiger charge is 2.45. The normalized spacial score (nSPS) is 20.0. The molecule has 41 heavy (non-hydrogen) atoms. The van der Waals surface area contributed by atoms with Gasteiger partial charge in [-0.25, -0.2) is 4.79 Å². The molecule has 9 nitrogen and oxygen atoms in total. The number of rotatable bonds is 21. The fourth-order valence-electron chi connectivity index (χ4n) is 4.80. The fraction of sp³-hybridized carbons (Fsp3) is 0.839. The van der Waals surface area contributed by atoms with Crippen molar-refractivity contribution in [3.63, 3.8) is 0 Å². The Morgan fingerprint density at radius 3 is 2.17 bits per heavy atom. The van der Waals surface area contributed by atoms with E-state index in [1.54, 1.807) is 0 Å². The molecule has 2 rings (SSSR count). The molecule has 0 aliphatic carbocycles. The van der Waals surface area contributed by atoms with E-state index in [1.807, 2.05) is 0 Å². The first kappa shape index (κ1) is 37.5. The third kappa shape index (κ3) is 16.0. The second-order valence-electron chi connectivity index (χ2n) is 11.0. The van der Waals surface area contributed by atoms with E-state index in [9.17, 15) is 19.5 Å². The van der Waals surface area contributed by atoms with E-state index in [2.05, 4.69) is 40.3 Å². The van der Waals surface area contributed by atoms with Crippen LogP contribution in [-0.2, 0) is 14.3 Å². The second-order valence-corrected chi connectivity index (χ2v) is 11.5. The van der Waals surface area contributed by atoms with Crippen molar-refractivity contribution in [1.29, 1.82) is 0 Å². The average Bonchev–Trinajstić information content (AvgIpc) is 3.27. The predicted molar refractivity (Wildman–Crippen MR) is 169 cm³/mol. The molecule has 3 N–H and O–H groups in total. The molecule has 0 saturated carbocycles. The molecule has 0 bridgehead atoms. The van der Waals surface area contributed by atoms with Crippen LogP contribution in [-0.4, -0.2) is 58.2 Å². The molecule has 0 aromatic carbocycles. The van der Waals surface area contributed by atoms with Gasteiger partial charge in [-0.3, -0.25) is 19.1 Å². The maximum absolute atomic E-state index is 12.2. The molecule has 238 valence electrons. The van der Waals surface area contributed by atoms with Gasteiger partial charge in [-0.15, -0.1) is 9.24 Å². The van der Waals surface area contributed by atoms with E-state index in [0.717, 1.165) is 38.5 Å². The number of aliphatic hydroxyl groups is 1. The zero-order valence-corrected chi connectivity index (χ0v) is 27.1. The van der Waals surface area contributed by atoms with Gasteiger partial charge in [0.15, 0.2) is 6.23 Å². The summed E-state index contributed by atoms with van der Waals surface area (Å²) >= 11 is 0. The monoisotopic (exact) mass is 599 g/mol. The van der Waals surface area contributed by atoms with Crippen molar-refractivity contribution < 1.29 is 19.4 Å². The van der Waals surface area contributed by atoms with Crippen molar-refractivity contribution in [2.45, 2.75) is 148 Å². The molecule has 1 saturated heterocycles. The number of aromatic amines is 1. The quantitative estimate of drug-likeness (QED) is 0.127. The number of carbonyl (C=O) groups is 1. The SMILES string of the molecule is CCCCCCC.CCCCCCCCC(=O)NCCCCCCOC1C(O)C(CP)OC1n1ccc(=O)[nH]c1=O. The van der Waals surface area contributed by atoms with Gasteiger partial charge in [0, 0.05) is 31.8 Å². The van der Waals surface area contributed by atoms with E-state index in [1.165, 1.54) is 74.6 Å². The maximum atomic E-state index is 12.2. The second kappa shape index (κ2) is 24.0. The standard InChI is InChI=1S/C24H42N3O6P.C7H16/c1-2-3-4-5-6-9-12-19(28)25-14-10-7-8-11-16-32-22-21(30)18(17-34)33-23(22)27-15-13-20(29)26-24(27)31;1-3-5-7-6-4-2/h13,15,18,21-23,30H,2-12,14,16-17,34H2,1H3,(H,25,28)(H,26,29,31);3-7H2,1-2H3. The van der Waals surface area contributed by atoms with Crippen LogP contribution in [0.25, 0.3) is 0 Å². The zero-order valence-electron chi connectivity index (χ0n) is 25.9. The Morgan fingerprint density at radius 2 is 1.54 bits per heavy atom. The molecule has 5 unspecified atom stereocenters. The summed E-state index contributed by atoms with van der Waals surface area (Å²) in [6.45, 7) is 7.81. The number of H-pyrrole nitrogens is 1. The lowest BCUT2D eigenvalue weighted by Gasteiger charge is -2.22. The van der Waals surface area contributed by atoms with Crippen molar-refractivity contribution in [2.75, 3.05) is 19.3 Å². The molecule has 0 spiro atoms. The van der Waals surface area contributed by atoms with Gasteiger partial charge >= 0.3 is 5.69 Å². The number of hydrogen-bond donors (Lipinski definition) is 3. The van der Waals surface area contributed by atoms with Gasteiger partial charge in [0.1, 0.15) is 12.2 Å². The number of aliphatic hydroxyl groups excluding tert-OH is 1. The van der Waals surface area contributed by atoms with Gasteiger partial charge in [0.05, 0.1) is 6.10 Å². The van der Waals surface area contributed by atoms with E-state index in [-0.39, 0.29) is 5.91 Å². The number of nitrogens with zero attached hydrogens (tertiary/aromatic N) is 1. The Bertz CT molecular complexity index is 904. The van der Waals surface area contributed by atoms with Crippen molar-refractivity contribution in [1.82, 2.24) is 14.9 Å². The summed E-state index contributed by atoms with van der Waals surface area (Å²) in [5.74, 6) is 0.140. The van der Waals surface area contributed by atoms with Gasteiger partial charge < -0.3 is 19.9 Å². The minimum Gasteiger partial charge on any atom is -0.387 e. The highest BCUT2D eigenvalue weighted by molar-refractivity contribution is 7.16. The number of aromatic nitrogens is 2. The highest BCUT2D eigenvalue weighted by atomic mass is 31.0. The Morgan fingerprint density at radius 1 is 0.951 bits per heavy atom. The molecular weight excluding hydrogens is 541 g/mol. The summed E-state index contributed by atoms with van der Waals surface area (Å²) in [6, 6.07) is 1.24. The van der Waals surface area contributed by atoms with E-state index < -0.39 is 35.8 Å². The van der Waals surface area contributed by atoms with Crippen LogP contribution in [0, 0.1) is 0 Å². The average molecular weight is 600 g/mol. The van der Waals surface area contributed by atoms with Gasteiger partial charge in [-0.2, -0.15) is 0 Å². The van der Waals surface area contributed by atoms with Crippen molar-refractivity contribution >= 4 is 15.1 Å². The summed E-state index contributed by atoms with van der Waals surface area (Å²) in [6.07, 6.45) is 17.4. The fourth-order valence-corrected chi connectivity index (χ4v) is 5.19. The first-order valence-electron chi connectivity index (χ1n) is 16.1. The molecule has 1 aromatic rings. The molecule has 1 aromatic heterocycles. The van der Waals surface area contributed by atoms with E-state index >= 15 is 0 Å². The summed E-state index contributed by atoms with van der Waals surface area (Å²) in [4.78, 5) is 37.6. The van der Waals surface area contributed by atoms with Crippen LogP contribution in [0.5, 0.6) is 0 Å². The summed E-state index contributed by atoms with van der Waals surface area (Å²) in [5.41, 5.74) is -1.08. The number of hydrogen-bond acceptors (Lipinski definition) is 6. The van der Waals surface area contributed by atoms with Crippen molar-refractivity contribution in [3.8, 4) is 0 Å². The molecule has 1 fully saturated rings. The van der Waals surface area contributed by atoms with Crippen LogP contribution in [0.3, 0.4) is 0 Å². The Hall–Kier alpha value is -1.54. The van der Waals surface area contributed by atoms with E-state index in [4.69, 9.17) is 9.47 Å². The first-order valence-corrected chi connectivity index (χ1v) is 16.9. The first-order chi connectivity index (χ1) is 19.9. The largest absolute Gasteiger partial charge is 0.387 e. The minimum atomic E-state index is -0.872. The van der Waals surface area contributed by atoms with Crippen molar-refractivity contribution in [3.05, 3.63) is 33.1 Å². The van der Waals surface area contributed by atoms with Crippen LogP contribution in [0.1, 0.15) is 130 Å². The smallest absolute Gasteiger partial charge is 0.330 e. The van der Waals surface area contributed by atoms with Crippen LogP contribution in [0.2, 0.25) is 0 Å². The zero-order chi connectivity index (χ0) is 30.3. The Kier molecular flexibility index (Phi) is 21.9. The lowest BCUT2D eigenvalue weighted by Crippen LogP contribution is -2.39. The van der Waals surface area contributed by atoms with Gasteiger partial charge in [-0.1, -0.05) is 97.8 Å². The van der Waals surface area contributed by atoms with Gasteiger partial charge in [-0.05, 0) is 25.4 Å².